The number of para-hydroxylation sites is 1. The van der Waals surface area contributed by atoms with Crippen molar-refractivity contribution < 1.29 is 8.42 Å². The van der Waals surface area contributed by atoms with Crippen LogP contribution in [0.5, 0.6) is 0 Å². The number of benzene rings is 3. The van der Waals surface area contributed by atoms with E-state index in [9.17, 15) is 8.42 Å². The Labute approximate surface area is 169 Å². The van der Waals surface area contributed by atoms with Crippen molar-refractivity contribution in [2.24, 2.45) is 0 Å². The molecule has 1 unspecified atom stereocenters. The van der Waals surface area contributed by atoms with Gasteiger partial charge in [0.05, 0.1) is 4.90 Å². The van der Waals surface area contributed by atoms with Gasteiger partial charge in [-0.15, -0.1) is 0 Å². The molecule has 138 valence electrons. The van der Waals surface area contributed by atoms with Crippen LogP contribution in [0.1, 0.15) is 10.9 Å². The zero-order chi connectivity index (χ0) is 19.3. The molecular formula is C20H17ClN2O2S2. The van der Waals surface area contributed by atoms with Crippen LogP contribution in [0.15, 0.2) is 89.8 Å². The van der Waals surface area contributed by atoms with E-state index in [4.69, 9.17) is 23.8 Å². The second kappa shape index (κ2) is 8.52. The first kappa shape index (κ1) is 19.4. The Bertz CT molecular complexity index is 1010. The zero-order valence-corrected chi connectivity index (χ0v) is 16.6. The predicted molar refractivity (Wildman–Crippen MR) is 114 cm³/mol. The van der Waals surface area contributed by atoms with Crippen LogP contribution < -0.4 is 10.6 Å². The number of sulfone groups is 1. The van der Waals surface area contributed by atoms with Crippen molar-refractivity contribution in [3.8, 4) is 0 Å². The molecule has 3 rings (SSSR count). The number of hydrogen-bond acceptors (Lipinski definition) is 3. The van der Waals surface area contributed by atoms with Crippen molar-refractivity contribution >= 4 is 44.5 Å². The topological polar surface area (TPSA) is 58.2 Å². The maximum Gasteiger partial charge on any atom is 0.203 e. The molecule has 3 aromatic rings. The SMILES string of the molecule is O=S(=O)(c1ccccc1)C(NC(=S)Nc1ccccc1)c1ccc(Cl)cc1. The summed E-state index contributed by atoms with van der Waals surface area (Å²) in [5.74, 6) is 0. The monoisotopic (exact) mass is 416 g/mol. The molecule has 2 N–H and O–H groups in total. The molecule has 7 heteroatoms. The largest absolute Gasteiger partial charge is 0.342 e. The van der Waals surface area contributed by atoms with Gasteiger partial charge in [-0.3, -0.25) is 0 Å². The number of anilines is 1. The van der Waals surface area contributed by atoms with Crippen LogP contribution in [-0.2, 0) is 9.84 Å². The molecule has 0 saturated carbocycles. The molecule has 27 heavy (non-hydrogen) atoms. The van der Waals surface area contributed by atoms with Crippen molar-refractivity contribution in [2.75, 3.05) is 5.32 Å². The smallest absolute Gasteiger partial charge is 0.203 e. The third-order valence-electron chi connectivity index (χ3n) is 3.85. The molecule has 1 atom stereocenters. The van der Waals surface area contributed by atoms with Gasteiger partial charge in [-0.1, -0.05) is 60.1 Å². The molecule has 0 aliphatic heterocycles. The lowest BCUT2D eigenvalue weighted by molar-refractivity contribution is 0.577. The number of halogens is 1. The number of nitrogens with one attached hydrogen (secondary N) is 2. The van der Waals surface area contributed by atoms with E-state index in [1.165, 1.54) is 0 Å². The van der Waals surface area contributed by atoms with Crippen LogP contribution in [-0.4, -0.2) is 13.5 Å². The van der Waals surface area contributed by atoms with Crippen LogP contribution in [0.25, 0.3) is 0 Å². The summed E-state index contributed by atoms with van der Waals surface area (Å²) in [5.41, 5.74) is 1.31. The summed E-state index contributed by atoms with van der Waals surface area (Å²) in [4.78, 5) is 0.208. The molecule has 0 aromatic heterocycles. The second-order valence-electron chi connectivity index (χ2n) is 5.75. The van der Waals surface area contributed by atoms with E-state index in [0.29, 0.717) is 10.6 Å². The van der Waals surface area contributed by atoms with Gasteiger partial charge in [0.1, 0.15) is 0 Å². The van der Waals surface area contributed by atoms with E-state index in [2.05, 4.69) is 10.6 Å². The fourth-order valence-corrected chi connectivity index (χ4v) is 4.57. The van der Waals surface area contributed by atoms with E-state index in [1.54, 1.807) is 54.6 Å². The van der Waals surface area contributed by atoms with Crippen molar-refractivity contribution in [2.45, 2.75) is 10.3 Å². The van der Waals surface area contributed by atoms with Gasteiger partial charge in [-0.05, 0) is 54.2 Å². The highest BCUT2D eigenvalue weighted by atomic mass is 35.5. The van der Waals surface area contributed by atoms with Crippen molar-refractivity contribution in [3.63, 3.8) is 0 Å². The predicted octanol–water partition coefficient (Wildman–Crippen LogP) is 4.80. The zero-order valence-electron chi connectivity index (χ0n) is 14.2. The minimum atomic E-state index is -3.74. The van der Waals surface area contributed by atoms with Gasteiger partial charge in [-0.2, -0.15) is 0 Å². The summed E-state index contributed by atoms with van der Waals surface area (Å²) in [5, 5.41) is 5.62. The summed E-state index contributed by atoms with van der Waals surface area (Å²) in [7, 11) is -3.74. The minimum absolute atomic E-state index is 0.208. The minimum Gasteiger partial charge on any atom is -0.342 e. The Morgan fingerprint density at radius 2 is 1.41 bits per heavy atom. The van der Waals surface area contributed by atoms with Crippen molar-refractivity contribution in [3.05, 3.63) is 95.5 Å². The fraction of sp³-hybridized carbons (Fsp3) is 0.0500. The maximum atomic E-state index is 13.2. The Hall–Kier alpha value is -2.41. The van der Waals surface area contributed by atoms with Crippen LogP contribution in [0.4, 0.5) is 5.69 Å². The molecule has 0 aliphatic rings. The summed E-state index contributed by atoms with van der Waals surface area (Å²) in [6, 6.07) is 24.2. The summed E-state index contributed by atoms with van der Waals surface area (Å²) >= 11 is 11.3. The molecule has 0 fully saturated rings. The molecule has 0 amide bonds. The van der Waals surface area contributed by atoms with Crippen LogP contribution >= 0.6 is 23.8 Å². The molecule has 0 radical (unpaired) electrons. The normalized spacial score (nSPS) is 12.2. The van der Waals surface area contributed by atoms with Gasteiger partial charge in [0.25, 0.3) is 0 Å². The average Bonchev–Trinajstić information content (AvgIpc) is 2.68. The third-order valence-corrected chi connectivity index (χ3v) is 6.26. The van der Waals surface area contributed by atoms with E-state index in [1.807, 2.05) is 30.3 Å². The Morgan fingerprint density at radius 3 is 2.00 bits per heavy atom. The van der Waals surface area contributed by atoms with Crippen molar-refractivity contribution in [1.82, 2.24) is 5.32 Å². The molecule has 0 aliphatic carbocycles. The van der Waals surface area contributed by atoms with Crippen LogP contribution in [0, 0.1) is 0 Å². The summed E-state index contributed by atoms with van der Waals surface area (Å²) < 4.78 is 26.4. The van der Waals surface area contributed by atoms with Gasteiger partial charge < -0.3 is 10.6 Å². The highest BCUT2D eigenvalue weighted by molar-refractivity contribution is 7.91. The standard InChI is InChI=1S/C20H17ClN2O2S2/c21-16-13-11-15(12-14-16)19(27(24,25)18-9-5-2-6-10-18)23-20(26)22-17-7-3-1-4-8-17/h1-14,19H,(H2,22,23,26). The Kier molecular flexibility index (Phi) is 6.11. The quantitative estimate of drug-likeness (QED) is 0.585. The lowest BCUT2D eigenvalue weighted by Gasteiger charge is -2.22. The third kappa shape index (κ3) is 4.86. The number of hydrogen-bond donors (Lipinski definition) is 2. The number of rotatable bonds is 5. The summed E-state index contributed by atoms with van der Waals surface area (Å²) in [6.45, 7) is 0. The van der Waals surface area contributed by atoms with Gasteiger partial charge in [0, 0.05) is 10.7 Å². The molecular weight excluding hydrogens is 400 g/mol. The lowest BCUT2D eigenvalue weighted by Crippen LogP contribution is -2.36. The number of thiocarbonyl (C=S) groups is 1. The average molecular weight is 417 g/mol. The van der Waals surface area contributed by atoms with Crippen molar-refractivity contribution in [1.29, 1.82) is 0 Å². The van der Waals surface area contributed by atoms with E-state index < -0.39 is 15.2 Å². The van der Waals surface area contributed by atoms with Gasteiger partial charge in [0.15, 0.2) is 10.5 Å². The molecule has 3 aromatic carbocycles. The van der Waals surface area contributed by atoms with E-state index in [-0.39, 0.29) is 10.0 Å². The van der Waals surface area contributed by atoms with Crippen LogP contribution in [0.3, 0.4) is 0 Å². The first-order chi connectivity index (χ1) is 13.0. The maximum absolute atomic E-state index is 13.2. The summed E-state index contributed by atoms with van der Waals surface area (Å²) in [6.07, 6.45) is 0. The van der Waals surface area contributed by atoms with Gasteiger partial charge in [0.2, 0.25) is 9.84 Å². The molecule has 0 heterocycles. The Balaban J connectivity index is 1.93. The van der Waals surface area contributed by atoms with Gasteiger partial charge in [-0.25, -0.2) is 8.42 Å². The van der Waals surface area contributed by atoms with Gasteiger partial charge >= 0.3 is 0 Å². The molecule has 0 bridgehead atoms. The molecule has 0 saturated heterocycles. The second-order valence-corrected chi connectivity index (χ2v) is 8.63. The first-order valence-corrected chi connectivity index (χ1v) is 10.5. The highest BCUT2D eigenvalue weighted by Crippen LogP contribution is 2.28. The fourth-order valence-electron chi connectivity index (χ4n) is 2.53. The highest BCUT2D eigenvalue weighted by Gasteiger charge is 2.29. The molecule has 0 spiro atoms. The molecule has 4 nitrogen and oxygen atoms in total. The Morgan fingerprint density at radius 1 is 0.852 bits per heavy atom. The van der Waals surface area contributed by atoms with E-state index >= 15 is 0 Å². The van der Waals surface area contributed by atoms with E-state index in [0.717, 1.165) is 5.69 Å². The lowest BCUT2D eigenvalue weighted by atomic mass is 10.2. The van der Waals surface area contributed by atoms with Crippen LogP contribution in [0.2, 0.25) is 5.02 Å². The first-order valence-electron chi connectivity index (χ1n) is 8.14.